The summed E-state index contributed by atoms with van der Waals surface area (Å²) in [5, 5.41) is 2.73. The van der Waals surface area contributed by atoms with E-state index < -0.39 is 11.2 Å². The van der Waals surface area contributed by atoms with Crippen LogP contribution in [0.1, 0.15) is 24.0 Å². The summed E-state index contributed by atoms with van der Waals surface area (Å²) >= 11 is 0. The highest BCUT2D eigenvalue weighted by Crippen LogP contribution is 2.29. The molecule has 0 aliphatic heterocycles. The standard InChI is InChI=1S/C19H22N4O4/c1-22-11-15(18(25)23(2)19(22)26)6-7-16(24)20-9-14-5-8-17(21-10-14)27-12-13-3-4-13/h5-8,10-11,13H,3-4,9,12H2,1-2H3,(H,20,24)/b7-6+. The fraction of sp³-hybridized carbons (Fsp3) is 0.368. The maximum atomic E-state index is 12.0. The SMILES string of the molecule is Cn1cc(/C=C/C(=O)NCc2ccc(OCC3CC3)nc2)c(=O)n(C)c1=O. The van der Waals surface area contributed by atoms with Crippen molar-refractivity contribution >= 4 is 12.0 Å². The molecule has 1 fully saturated rings. The van der Waals surface area contributed by atoms with Gasteiger partial charge in [-0.05, 0) is 30.4 Å². The molecule has 0 aromatic carbocycles. The number of rotatable bonds is 7. The van der Waals surface area contributed by atoms with Crippen molar-refractivity contribution < 1.29 is 9.53 Å². The van der Waals surface area contributed by atoms with E-state index >= 15 is 0 Å². The van der Waals surface area contributed by atoms with Gasteiger partial charge in [0.15, 0.2) is 0 Å². The lowest BCUT2D eigenvalue weighted by Crippen LogP contribution is -2.37. The molecule has 1 N–H and O–H groups in total. The van der Waals surface area contributed by atoms with E-state index in [4.69, 9.17) is 4.74 Å². The molecule has 0 radical (unpaired) electrons. The van der Waals surface area contributed by atoms with E-state index in [1.807, 2.05) is 6.07 Å². The summed E-state index contributed by atoms with van der Waals surface area (Å²) in [6.07, 6.45) is 8.17. The zero-order valence-electron chi connectivity index (χ0n) is 15.3. The summed E-state index contributed by atoms with van der Waals surface area (Å²) in [6.45, 7) is 1.02. The van der Waals surface area contributed by atoms with Crippen molar-refractivity contribution in [3.05, 3.63) is 62.6 Å². The van der Waals surface area contributed by atoms with Crippen LogP contribution in [0.4, 0.5) is 0 Å². The molecule has 1 saturated carbocycles. The molecule has 2 heterocycles. The van der Waals surface area contributed by atoms with Crippen LogP contribution in [-0.4, -0.2) is 26.6 Å². The Kier molecular flexibility index (Phi) is 5.54. The molecule has 1 aliphatic rings. The van der Waals surface area contributed by atoms with E-state index in [1.165, 1.54) is 42.8 Å². The van der Waals surface area contributed by atoms with E-state index in [0.717, 1.165) is 10.1 Å². The number of carbonyl (C=O) groups excluding carboxylic acids is 1. The van der Waals surface area contributed by atoms with Gasteiger partial charge in [0.05, 0.1) is 12.2 Å². The van der Waals surface area contributed by atoms with Crippen LogP contribution in [0.5, 0.6) is 5.88 Å². The minimum Gasteiger partial charge on any atom is -0.477 e. The van der Waals surface area contributed by atoms with Crippen LogP contribution in [-0.2, 0) is 25.4 Å². The summed E-state index contributed by atoms with van der Waals surface area (Å²) in [5.74, 6) is 0.906. The van der Waals surface area contributed by atoms with Crippen LogP contribution in [0, 0.1) is 5.92 Å². The fourth-order valence-corrected chi connectivity index (χ4v) is 2.45. The maximum Gasteiger partial charge on any atom is 0.330 e. The van der Waals surface area contributed by atoms with Crippen LogP contribution < -0.4 is 21.3 Å². The van der Waals surface area contributed by atoms with Crippen LogP contribution in [0.25, 0.3) is 6.08 Å². The van der Waals surface area contributed by atoms with Crippen molar-refractivity contribution in [3.63, 3.8) is 0 Å². The normalized spacial score (nSPS) is 13.7. The molecule has 3 rings (SSSR count). The molecule has 0 spiro atoms. The molecule has 0 unspecified atom stereocenters. The Morgan fingerprint density at radius 3 is 2.78 bits per heavy atom. The first-order chi connectivity index (χ1) is 12.9. The highest BCUT2D eigenvalue weighted by atomic mass is 16.5. The predicted octanol–water partition coefficient (Wildman–Crippen LogP) is 0.597. The molecule has 27 heavy (non-hydrogen) atoms. The van der Waals surface area contributed by atoms with Gasteiger partial charge in [-0.2, -0.15) is 0 Å². The number of amides is 1. The van der Waals surface area contributed by atoms with E-state index in [-0.39, 0.29) is 11.5 Å². The first-order valence-corrected chi connectivity index (χ1v) is 8.74. The number of hydrogen-bond donors (Lipinski definition) is 1. The van der Waals surface area contributed by atoms with Gasteiger partial charge in [-0.1, -0.05) is 6.07 Å². The number of hydrogen-bond acceptors (Lipinski definition) is 5. The van der Waals surface area contributed by atoms with Crippen molar-refractivity contribution in [1.82, 2.24) is 19.4 Å². The Balaban J connectivity index is 1.54. The van der Waals surface area contributed by atoms with Gasteiger partial charge in [0.25, 0.3) is 5.56 Å². The third-order valence-corrected chi connectivity index (χ3v) is 4.32. The van der Waals surface area contributed by atoms with Crippen molar-refractivity contribution in [1.29, 1.82) is 0 Å². The lowest BCUT2D eigenvalue weighted by Gasteiger charge is -2.06. The van der Waals surface area contributed by atoms with Gasteiger partial charge in [-0.25, -0.2) is 9.78 Å². The Hall–Kier alpha value is -3.16. The molecule has 8 nitrogen and oxygen atoms in total. The Labute approximate surface area is 156 Å². The molecule has 142 valence electrons. The van der Waals surface area contributed by atoms with E-state index in [0.29, 0.717) is 24.9 Å². The topological polar surface area (TPSA) is 95.2 Å². The van der Waals surface area contributed by atoms with Crippen molar-refractivity contribution in [2.24, 2.45) is 20.0 Å². The lowest BCUT2D eigenvalue weighted by molar-refractivity contribution is -0.116. The number of pyridine rings is 1. The fourth-order valence-electron chi connectivity index (χ4n) is 2.45. The summed E-state index contributed by atoms with van der Waals surface area (Å²) in [6, 6.07) is 3.63. The van der Waals surface area contributed by atoms with Crippen LogP contribution in [0.15, 0.2) is 40.2 Å². The summed E-state index contributed by atoms with van der Waals surface area (Å²) in [7, 11) is 2.94. The number of aryl methyl sites for hydroxylation is 1. The van der Waals surface area contributed by atoms with Crippen LogP contribution in [0.3, 0.4) is 0 Å². The molecule has 0 atom stereocenters. The van der Waals surface area contributed by atoms with Gasteiger partial charge < -0.3 is 14.6 Å². The zero-order chi connectivity index (χ0) is 19.4. The Morgan fingerprint density at radius 2 is 2.11 bits per heavy atom. The molecule has 0 saturated heterocycles. The number of ether oxygens (including phenoxy) is 1. The summed E-state index contributed by atoms with van der Waals surface area (Å²) in [5.41, 5.74) is 0.230. The Morgan fingerprint density at radius 1 is 1.33 bits per heavy atom. The summed E-state index contributed by atoms with van der Waals surface area (Å²) in [4.78, 5) is 39.8. The third kappa shape index (κ3) is 4.93. The van der Waals surface area contributed by atoms with Gasteiger partial charge in [0.2, 0.25) is 11.8 Å². The molecule has 2 aromatic rings. The van der Waals surface area contributed by atoms with Crippen molar-refractivity contribution in [2.45, 2.75) is 19.4 Å². The van der Waals surface area contributed by atoms with Gasteiger partial charge in [-0.3, -0.25) is 14.2 Å². The number of nitrogens with zero attached hydrogens (tertiary/aromatic N) is 3. The number of aromatic nitrogens is 3. The van der Waals surface area contributed by atoms with Crippen LogP contribution >= 0.6 is 0 Å². The first-order valence-electron chi connectivity index (χ1n) is 8.74. The summed E-state index contributed by atoms with van der Waals surface area (Å²) < 4.78 is 7.86. The quantitative estimate of drug-likeness (QED) is 0.720. The number of nitrogens with one attached hydrogen (secondary N) is 1. The van der Waals surface area contributed by atoms with E-state index in [2.05, 4.69) is 10.3 Å². The molecule has 2 aromatic heterocycles. The predicted molar refractivity (Wildman–Crippen MR) is 100 cm³/mol. The van der Waals surface area contributed by atoms with Crippen molar-refractivity contribution in [3.8, 4) is 5.88 Å². The molecule has 8 heteroatoms. The average molecular weight is 370 g/mol. The zero-order valence-corrected chi connectivity index (χ0v) is 15.3. The minimum atomic E-state index is -0.451. The molecule has 1 aliphatic carbocycles. The lowest BCUT2D eigenvalue weighted by atomic mass is 10.2. The van der Waals surface area contributed by atoms with Gasteiger partial charge >= 0.3 is 5.69 Å². The highest BCUT2D eigenvalue weighted by Gasteiger charge is 2.22. The van der Waals surface area contributed by atoms with Gasteiger partial charge in [0, 0.05) is 45.2 Å². The monoisotopic (exact) mass is 370 g/mol. The second kappa shape index (κ2) is 8.03. The molecular formula is C19H22N4O4. The highest BCUT2D eigenvalue weighted by molar-refractivity contribution is 5.91. The molecular weight excluding hydrogens is 348 g/mol. The average Bonchev–Trinajstić information content (AvgIpc) is 3.50. The second-order valence-electron chi connectivity index (χ2n) is 6.65. The molecule has 0 bridgehead atoms. The smallest absolute Gasteiger partial charge is 0.330 e. The largest absolute Gasteiger partial charge is 0.477 e. The van der Waals surface area contributed by atoms with Gasteiger partial charge in [-0.15, -0.1) is 0 Å². The first kappa shape index (κ1) is 18.6. The molecule has 1 amide bonds. The third-order valence-electron chi connectivity index (χ3n) is 4.32. The maximum absolute atomic E-state index is 12.0. The number of carbonyl (C=O) groups is 1. The second-order valence-corrected chi connectivity index (χ2v) is 6.65. The van der Waals surface area contributed by atoms with Crippen LogP contribution in [0.2, 0.25) is 0 Å². The van der Waals surface area contributed by atoms with Gasteiger partial charge in [0.1, 0.15) is 0 Å². The Bertz CT molecular complexity index is 969. The van der Waals surface area contributed by atoms with E-state index in [9.17, 15) is 14.4 Å². The van der Waals surface area contributed by atoms with Crippen molar-refractivity contribution in [2.75, 3.05) is 6.61 Å². The minimum absolute atomic E-state index is 0.258. The van der Waals surface area contributed by atoms with E-state index in [1.54, 1.807) is 19.3 Å².